The number of halogens is 1. The highest BCUT2D eigenvalue weighted by Gasteiger charge is 2.16. The quantitative estimate of drug-likeness (QED) is 0.491. The van der Waals surface area contributed by atoms with Crippen LogP contribution in [0.3, 0.4) is 0 Å². The second kappa shape index (κ2) is 9.59. The van der Waals surface area contributed by atoms with Crippen molar-refractivity contribution in [3.05, 3.63) is 0 Å². The van der Waals surface area contributed by atoms with Gasteiger partial charge in [0.05, 0.1) is 13.2 Å². The van der Waals surface area contributed by atoms with Gasteiger partial charge in [0.2, 0.25) is 5.91 Å². The van der Waals surface area contributed by atoms with E-state index in [2.05, 4.69) is 15.9 Å². The molecule has 1 amide bonds. The Bertz CT molecular complexity index is 223. The number of carbonyl (C=O) groups excluding carboxylic acids is 2. The zero-order valence-electron chi connectivity index (χ0n) is 9.70. The van der Waals surface area contributed by atoms with Crippen molar-refractivity contribution in [1.29, 1.82) is 0 Å². The van der Waals surface area contributed by atoms with Crippen molar-refractivity contribution in [2.75, 3.05) is 38.7 Å². The first-order valence-electron chi connectivity index (χ1n) is 5.14. The summed E-state index contributed by atoms with van der Waals surface area (Å²) in [4.78, 5) is 24.3. The number of methoxy groups -OCH3 is 1. The van der Waals surface area contributed by atoms with Gasteiger partial charge in [-0.25, -0.2) is 0 Å². The Kier molecular flexibility index (Phi) is 9.22. The molecule has 0 aliphatic carbocycles. The molecule has 0 atom stereocenters. The molecule has 0 aliphatic heterocycles. The lowest BCUT2D eigenvalue weighted by Gasteiger charge is -2.20. The smallest absolute Gasteiger partial charge is 0.325 e. The molecule has 0 saturated carbocycles. The summed E-state index contributed by atoms with van der Waals surface area (Å²) in [6.45, 7) is 2.86. The fraction of sp³-hybridized carbons (Fsp3) is 0.800. The average Bonchev–Trinajstić information content (AvgIpc) is 2.24. The molecular weight excluding hydrogens is 278 g/mol. The average molecular weight is 296 g/mol. The van der Waals surface area contributed by atoms with E-state index in [0.29, 0.717) is 31.5 Å². The van der Waals surface area contributed by atoms with Crippen LogP contribution in [0.1, 0.15) is 13.3 Å². The third-order valence-electron chi connectivity index (χ3n) is 1.85. The van der Waals surface area contributed by atoms with E-state index in [1.165, 1.54) is 4.90 Å². The van der Waals surface area contributed by atoms with Gasteiger partial charge in [0.25, 0.3) is 0 Å². The van der Waals surface area contributed by atoms with Crippen molar-refractivity contribution >= 4 is 27.8 Å². The molecule has 0 heterocycles. The minimum Gasteiger partial charge on any atom is -0.465 e. The molecule has 0 aromatic heterocycles. The van der Waals surface area contributed by atoms with E-state index in [1.54, 1.807) is 14.0 Å². The number of hydrogen-bond donors (Lipinski definition) is 0. The predicted octanol–water partition coefficient (Wildman–Crippen LogP) is 0.809. The number of esters is 1. The molecule has 16 heavy (non-hydrogen) atoms. The van der Waals surface area contributed by atoms with Crippen LogP contribution < -0.4 is 0 Å². The topological polar surface area (TPSA) is 55.8 Å². The Labute approximate surface area is 104 Å². The normalized spacial score (nSPS) is 9.94. The summed E-state index contributed by atoms with van der Waals surface area (Å²) in [7, 11) is 1.55. The number of nitrogens with zero attached hydrogens (tertiary/aromatic N) is 1. The van der Waals surface area contributed by atoms with E-state index in [9.17, 15) is 9.59 Å². The van der Waals surface area contributed by atoms with Gasteiger partial charge >= 0.3 is 5.97 Å². The first-order valence-corrected chi connectivity index (χ1v) is 6.26. The van der Waals surface area contributed by atoms with Gasteiger partial charge in [0.1, 0.15) is 6.54 Å². The van der Waals surface area contributed by atoms with Crippen molar-refractivity contribution in [2.45, 2.75) is 13.3 Å². The van der Waals surface area contributed by atoms with Crippen LogP contribution in [0.5, 0.6) is 0 Å². The lowest BCUT2D eigenvalue weighted by atomic mass is 10.3. The van der Waals surface area contributed by atoms with Gasteiger partial charge < -0.3 is 14.4 Å². The van der Waals surface area contributed by atoms with E-state index in [0.717, 1.165) is 0 Å². The van der Waals surface area contributed by atoms with Crippen molar-refractivity contribution < 1.29 is 19.1 Å². The van der Waals surface area contributed by atoms with Crippen LogP contribution in [0, 0.1) is 0 Å². The van der Waals surface area contributed by atoms with Crippen molar-refractivity contribution in [3.8, 4) is 0 Å². The Hall–Kier alpha value is -0.620. The maximum atomic E-state index is 11.6. The van der Waals surface area contributed by atoms with E-state index in [4.69, 9.17) is 9.47 Å². The maximum absolute atomic E-state index is 11.6. The largest absolute Gasteiger partial charge is 0.465 e. The van der Waals surface area contributed by atoms with Gasteiger partial charge in [-0.1, -0.05) is 15.9 Å². The summed E-state index contributed by atoms with van der Waals surface area (Å²) in [6.07, 6.45) is 0.364. The summed E-state index contributed by atoms with van der Waals surface area (Å²) in [5, 5.41) is 0.581. The standard InChI is InChI=1S/C10H18BrNO4/c1-3-16-10(14)8-12(6-7-15-2)9(13)4-5-11/h3-8H2,1-2H3. The van der Waals surface area contributed by atoms with Crippen LogP contribution in [0.15, 0.2) is 0 Å². The zero-order valence-corrected chi connectivity index (χ0v) is 11.3. The molecule has 94 valence electrons. The fourth-order valence-electron chi connectivity index (χ4n) is 1.09. The molecule has 0 bridgehead atoms. The van der Waals surface area contributed by atoms with Gasteiger partial charge in [-0.05, 0) is 6.92 Å². The molecule has 5 nitrogen and oxygen atoms in total. The SMILES string of the molecule is CCOC(=O)CN(CCOC)C(=O)CCBr. The molecule has 0 aromatic rings. The molecule has 0 aromatic carbocycles. The van der Waals surface area contributed by atoms with Crippen molar-refractivity contribution in [2.24, 2.45) is 0 Å². The summed E-state index contributed by atoms with van der Waals surface area (Å²) in [6, 6.07) is 0. The maximum Gasteiger partial charge on any atom is 0.325 e. The van der Waals surface area contributed by atoms with Gasteiger partial charge in [-0.15, -0.1) is 0 Å². The first kappa shape index (κ1) is 15.4. The fourth-order valence-corrected chi connectivity index (χ4v) is 1.43. The van der Waals surface area contributed by atoms with Crippen LogP contribution in [0.25, 0.3) is 0 Å². The summed E-state index contributed by atoms with van der Waals surface area (Å²) in [5.41, 5.74) is 0. The van der Waals surface area contributed by atoms with Crippen molar-refractivity contribution in [1.82, 2.24) is 4.90 Å². The number of alkyl halides is 1. The zero-order chi connectivity index (χ0) is 12.4. The Morgan fingerprint density at radius 2 is 2.06 bits per heavy atom. The van der Waals surface area contributed by atoms with Gasteiger partial charge in [0, 0.05) is 25.4 Å². The molecule has 6 heteroatoms. The van der Waals surface area contributed by atoms with Gasteiger partial charge in [-0.3, -0.25) is 9.59 Å². The van der Waals surface area contributed by atoms with E-state index in [-0.39, 0.29) is 18.4 Å². The predicted molar refractivity (Wildman–Crippen MR) is 63.5 cm³/mol. The van der Waals surface area contributed by atoms with Crippen LogP contribution in [-0.2, 0) is 19.1 Å². The van der Waals surface area contributed by atoms with Crippen LogP contribution in [-0.4, -0.2) is 55.5 Å². The summed E-state index contributed by atoms with van der Waals surface area (Å²) < 4.78 is 9.68. The Morgan fingerprint density at radius 3 is 2.56 bits per heavy atom. The van der Waals surface area contributed by atoms with Crippen molar-refractivity contribution in [3.63, 3.8) is 0 Å². The van der Waals surface area contributed by atoms with Crippen LogP contribution >= 0.6 is 15.9 Å². The Balaban J connectivity index is 4.18. The summed E-state index contributed by atoms with van der Waals surface area (Å²) in [5.74, 6) is -0.469. The minimum absolute atomic E-state index is 0.0109. The highest BCUT2D eigenvalue weighted by atomic mass is 79.9. The lowest BCUT2D eigenvalue weighted by molar-refractivity contribution is -0.149. The molecule has 0 rings (SSSR count). The van der Waals surface area contributed by atoms with Gasteiger partial charge in [0.15, 0.2) is 0 Å². The lowest BCUT2D eigenvalue weighted by Crippen LogP contribution is -2.38. The third-order valence-corrected chi connectivity index (χ3v) is 2.25. The number of hydrogen-bond acceptors (Lipinski definition) is 4. The molecule has 0 fully saturated rings. The molecule has 0 saturated heterocycles. The molecule has 0 aliphatic rings. The van der Waals surface area contributed by atoms with Gasteiger partial charge in [-0.2, -0.15) is 0 Å². The second-order valence-corrected chi connectivity index (χ2v) is 3.85. The number of amides is 1. The molecule has 0 unspecified atom stereocenters. The summed E-state index contributed by atoms with van der Waals surface area (Å²) >= 11 is 3.19. The molecule has 0 radical (unpaired) electrons. The van der Waals surface area contributed by atoms with E-state index < -0.39 is 0 Å². The van der Waals surface area contributed by atoms with Crippen LogP contribution in [0.2, 0.25) is 0 Å². The number of carbonyl (C=O) groups is 2. The highest BCUT2D eigenvalue weighted by Crippen LogP contribution is 1.98. The monoisotopic (exact) mass is 295 g/mol. The van der Waals surface area contributed by atoms with Crippen LogP contribution in [0.4, 0.5) is 0 Å². The highest BCUT2D eigenvalue weighted by molar-refractivity contribution is 9.09. The number of rotatable bonds is 8. The van der Waals surface area contributed by atoms with E-state index in [1.807, 2.05) is 0 Å². The second-order valence-electron chi connectivity index (χ2n) is 3.05. The molecule has 0 N–H and O–H groups in total. The minimum atomic E-state index is -0.387. The molecular formula is C10H18BrNO4. The van der Waals surface area contributed by atoms with E-state index >= 15 is 0 Å². The molecule has 0 spiro atoms. The number of ether oxygens (including phenoxy) is 2. The Morgan fingerprint density at radius 1 is 1.38 bits per heavy atom. The first-order chi connectivity index (χ1) is 7.65. The third kappa shape index (κ3) is 6.79.